The number of benzene rings is 1. The summed E-state index contributed by atoms with van der Waals surface area (Å²) in [5.74, 6) is -1.85. The van der Waals surface area contributed by atoms with E-state index in [1.54, 1.807) is 6.07 Å². The number of amides is 1. The van der Waals surface area contributed by atoms with Gasteiger partial charge in [-0.1, -0.05) is 6.07 Å². The normalized spacial score (nSPS) is 17.8. The number of β-lactam (4-membered cyclic amide) rings is 1. The highest BCUT2D eigenvalue weighted by Gasteiger charge is 2.41. The lowest BCUT2D eigenvalue weighted by Crippen LogP contribution is -2.54. The first-order chi connectivity index (χ1) is 11.8. The average molecular weight is 351 g/mol. The van der Waals surface area contributed by atoms with Crippen molar-refractivity contribution in [3.63, 3.8) is 0 Å². The molecule has 136 valence electrons. The zero-order valence-corrected chi connectivity index (χ0v) is 14.3. The van der Waals surface area contributed by atoms with Gasteiger partial charge in [-0.2, -0.15) is 0 Å². The third-order valence-corrected chi connectivity index (χ3v) is 4.44. The Kier molecular flexibility index (Phi) is 6.12. The molecule has 0 aromatic heterocycles. The van der Waals surface area contributed by atoms with E-state index in [0.717, 1.165) is 0 Å². The number of likely N-dealkylation sites (tertiary alicyclic amines) is 1. The molecule has 1 fully saturated rings. The number of halogens is 1. The number of ketones is 1. The molecule has 1 aliphatic rings. The highest BCUT2D eigenvalue weighted by molar-refractivity contribution is 5.86. The summed E-state index contributed by atoms with van der Waals surface area (Å²) in [5, 5.41) is 9.14. The summed E-state index contributed by atoms with van der Waals surface area (Å²) in [6.07, 6.45) is 1.38. The summed E-state index contributed by atoms with van der Waals surface area (Å²) in [6.45, 7) is 1.93. The first kappa shape index (κ1) is 18.9. The van der Waals surface area contributed by atoms with Crippen molar-refractivity contribution in [3.05, 3.63) is 29.6 Å². The Morgan fingerprint density at radius 2 is 2.16 bits per heavy atom. The van der Waals surface area contributed by atoms with E-state index in [0.29, 0.717) is 31.4 Å². The average Bonchev–Trinajstić information content (AvgIpc) is 2.55. The van der Waals surface area contributed by atoms with Crippen molar-refractivity contribution in [2.45, 2.75) is 38.6 Å². The minimum Gasteiger partial charge on any atom is -0.494 e. The molecule has 25 heavy (non-hydrogen) atoms. The molecule has 1 amide bonds. The Labute approximate surface area is 145 Å². The van der Waals surface area contributed by atoms with Crippen LogP contribution in [0.1, 0.15) is 44.2 Å². The van der Waals surface area contributed by atoms with E-state index in [-0.39, 0.29) is 29.8 Å². The molecule has 2 atom stereocenters. The van der Waals surface area contributed by atoms with Crippen LogP contribution < -0.4 is 4.74 Å². The van der Waals surface area contributed by atoms with Gasteiger partial charge in [0, 0.05) is 13.0 Å². The number of ether oxygens (including phenoxy) is 1. The van der Waals surface area contributed by atoms with Gasteiger partial charge in [0.2, 0.25) is 5.91 Å². The number of rotatable bonds is 9. The van der Waals surface area contributed by atoms with Gasteiger partial charge in [0.05, 0.1) is 25.5 Å². The molecule has 1 N–H and O–H groups in total. The minimum absolute atomic E-state index is 0.0647. The van der Waals surface area contributed by atoms with E-state index in [2.05, 4.69) is 0 Å². The Hall–Kier alpha value is -2.44. The van der Waals surface area contributed by atoms with E-state index in [4.69, 9.17) is 9.84 Å². The number of carboxylic acids is 1. The Bertz CT molecular complexity index is 675. The van der Waals surface area contributed by atoms with Crippen LogP contribution in [0.2, 0.25) is 0 Å². The fourth-order valence-corrected chi connectivity index (χ4v) is 3.08. The number of aliphatic carboxylic acids is 1. The van der Waals surface area contributed by atoms with Crippen LogP contribution >= 0.6 is 0 Å². The third-order valence-electron chi connectivity index (χ3n) is 4.44. The molecule has 0 spiro atoms. The smallest absolute Gasteiger partial charge is 0.305 e. The van der Waals surface area contributed by atoms with Crippen LogP contribution in [0.3, 0.4) is 0 Å². The van der Waals surface area contributed by atoms with E-state index < -0.39 is 17.8 Å². The van der Waals surface area contributed by atoms with Crippen LogP contribution in [0.15, 0.2) is 18.2 Å². The zero-order valence-electron chi connectivity index (χ0n) is 14.3. The molecule has 1 aromatic carbocycles. The second-order valence-electron chi connectivity index (χ2n) is 6.29. The molecule has 1 heterocycles. The maximum absolute atomic E-state index is 13.9. The molecule has 0 aliphatic carbocycles. The number of carbonyl (C=O) groups excluding carboxylic acids is 2. The summed E-state index contributed by atoms with van der Waals surface area (Å²) >= 11 is 0. The van der Waals surface area contributed by atoms with Gasteiger partial charge in [0.15, 0.2) is 11.6 Å². The van der Waals surface area contributed by atoms with Gasteiger partial charge in [-0.25, -0.2) is 4.39 Å². The number of carbonyl (C=O) groups is 3. The molecule has 1 aliphatic heterocycles. The van der Waals surface area contributed by atoms with Crippen LogP contribution in [0.25, 0.3) is 0 Å². The summed E-state index contributed by atoms with van der Waals surface area (Å²) in [4.78, 5) is 36.0. The van der Waals surface area contributed by atoms with Gasteiger partial charge in [-0.15, -0.1) is 0 Å². The number of Topliss-reactive ketones (excluding diaryl/α,β-unsaturated/α-hetero) is 1. The molecule has 2 rings (SSSR count). The van der Waals surface area contributed by atoms with E-state index in [9.17, 15) is 18.8 Å². The largest absolute Gasteiger partial charge is 0.494 e. The summed E-state index contributed by atoms with van der Waals surface area (Å²) in [5.41, 5.74) is 0.427. The fraction of sp³-hybridized carbons (Fsp3) is 0.500. The van der Waals surface area contributed by atoms with Gasteiger partial charge in [0.25, 0.3) is 0 Å². The quantitative estimate of drug-likeness (QED) is 0.691. The predicted octanol–water partition coefficient (Wildman–Crippen LogP) is 2.57. The van der Waals surface area contributed by atoms with Gasteiger partial charge in [-0.3, -0.25) is 9.59 Å². The molecule has 0 radical (unpaired) electrons. The predicted molar refractivity (Wildman–Crippen MR) is 87.7 cm³/mol. The molecule has 1 saturated heterocycles. The molecule has 0 bridgehead atoms. The highest BCUT2D eigenvalue weighted by atomic mass is 19.1. The lowest BCUT2D eigenvalue weighted by atomic mass is 9.88. The Morgan fingerprint density at radius 3 is 2.68 bits per heavy atom. The summed E-state index contributed by atoms with van der Waals surface area (Å²) < 4.78 is 18.8. The number of methoxy groups -OCH3 is 1. The lowest BCUT2D eigenvalue weighted by molar-refractivity contribution is -0.154. The fourth-order valence-electron chi connectivity index (χ4n) is 3.08. The van der Waals surface area contributed by atoms with Crippen LogP contribution in [-0.2, 0) is 14.4 Å². The second-order valence-corrected chi connectivity index (χ2v) is 6.29. The molecule has 6 nitrogen and oxygen atoms in total. The van der Waals surface area contributed by atoms with Crippen LogP contribution in [0.4, 0.5) is 4.39 Å². The third kappa shape index (κ3) is 4.55. The van der Waals surface area contributed by atoms with Crippen LogP contribution in [0, 0.1) is 11.7 Å². The maximum atomic E-state index is 13.9. The lowest BCUT2D eigenvalue weighted by Gasteiger charge is -2.43. The number of hydrogen-bond donors (Lipinski definition) is 1. The van der Waals surface area contributed by atoms with Gasteiger partial charge >= 0.3 is 5.97 Å². The van der Waals surface area contributed by atoms with Crippen LogP contribution in [0.5, 0.6) is 5.75 Å². The maximum Gasteiger partial charge on any atom is 0.305 e. The van der Waals surface area contributed by atoms with E-state index in [1.165, 1.54) is 31.1 Å². The van der Waals surface area contributed by atoms with Crippen LogP contribution in [-0.4, -0.2) is 41.3 Å². The van der Waals surface area contributed by atoms with Crippen molar-refractivity contribution in [2.24, 2.45) is 5.92 Å². The van der Waals surface area contributed by atoms with Crippen molar-refractivity contribution < 1.29 is 28.6 Å². The van der Waals surface area contributed by atoms with Gasteiger partial charge in [0.1, 0.15) is 5.78 Å². The van der Waals surface area contributed by atoms with Gasteiger partial charge < -0.3 is 19.5 Å². The molecule has 0 saturated carbocycles. The number of carboxylic acid groups (broad SMARTS) is 1. The number of hydrogen-bond acceptors (Lipinski definition) is 4. The topological polar surface area (TPSA) is 83.9 Å². The molecule has 1 aromatic rings. The van der Waals surface area contributed by atoms with E-state index in [1.807, 2.05) is 0 Å². The first-order valence-electron chi connectivity index (χ1n) is 8.18. The molecular formula is C18H22FNO5. The Morgan fingerprint density at radius 1 is 1.44 bits per heavy atom. The Balaban J connectivity index is 2.09. The van der Waals surface area contributed by atoms with Crippen molar-refractivity contribution in [1.82, 2.24) is 4.90 Å². The SMILES string of the molecule is COc1ccc([C@H](CC(=O)O)N2CC(CCCC(C)=O)C2=O)cc1F. The number of nitrogens with zero attached hydrogens (tertiary/aromatic N) is 1. The van der Waals surface area contributed by atoms with Crippen molar-refractivity contribution >= 4 is 17.7 Å². The first-order valence-corrected chi connectivity index (χ1v) is 8.18. The molecule has 1 unspecified atom stereocenters. The molecule has 7 heteroatoms. The van der Waals surface area contributed by atoms with Crippen molar-refractivity contribution in [3.8, 4) is 5.75 Å². The summed E-state index contributed by atoms with van der Waals surface area (Å²) in [7, 11) is 1.34. The molecular weight excluding hydrogens is 329 g/mol. The van der Waals surface area contributed by atoms with Crippen molar-refractivity contribution in [2.75, 3.05) is 13.7 Å². The minimum atomic E-state index is -1.06. The monoisotopic (exact) mass is 351 g/mol. The highest BCUT2D eigenvalue weighted by Crippen LogP contribution is 2.35. The second kappa shape index (κ2) is 8.09. The zero-order chi connectivity index (χ0) is 18.6. The standard InChI is InChI=1S/C18H22FNO5/c1-11(21)4-3-5-13-10-20(18(13)24)15(9-17(22)23)12-6-7-16(25-2)14(19)8-12/h6-8,13,15H,3-5,9-10H2,1-2H3,(H,22,23)/t13?,15-/m0/s1. The van der Waals surface area contributed by atoms with Gasteiger partial charge in [-0.05, 0) is 37.5 Å². The summed E-state index contributed by atoms with van der Waals surface area (Å²) in [6, 6.07) is 3.50. The van der Waals surface area contributed by atoms with E-state index >= 15 is 0 Å². The van der Waals surface area contributed by atoms with Crippen molar-refractivity contribution in [1.29, 1.82) is 0 Å².